The van der Waals surface area contributed by atoms with Crippen LogP contribution in [0.15, 0.2) is 11.1 Å². The second kappa shape index (κ2) is 5.10. The highest BCUT2D eigenvalue weighted by Crippen LogP contribution is 2.28. The van der Waals surface area contributed by atoms with Crippen LogP contribution in [0.5, 0.6) is 0 Å². The van der Waals surface area contributed by atoms with Crippen LogP contribution in [-0.4, -0.2) is 71.8 Å². The second-order valence-electron chi connectivity index (χ2n) is 5.80. The van der Waals surface area contributed by atoms with Gasteiger partial charge in [-0.15, -0.1) is 0 Å². The van der Waals surface area contributed by atoms with Crippen molar-refractivity contribution < 1.29 is 13.5 Å². The van der Waals surface area contributed by atoms with Crippen molar-refractivity contribution in [2.75, 3.05) is 33.7 Å². The molecule has 1 aliphatic rings. The quantitative estimate of drug-likeness (QED) is 0.805. The average molecular weight is 302 g/mol. The molecule has 0 bridgehead atoms. The zero-order valence-electron chi connectivity index (χ0n) is 12.4. The van der Waals surface area contributed by atoms with Gasteiger partial charge in [-0.1, -0.05) is 0 Å². The summed E-state index contributed by atoms with van der Waals surface area (Å²) in [5, 5.41) is 14.5. The van der Waals surface area contributed by atoms with Crippen LogP contribution in [0.2, 0.25) is 0 Å². The van der Waals surface area contributed by atoms with Gasteiger partial charge < -0.3 is 10.0 Å². The Morgan fingerprint density at radius 2 is 2.15 bits per heavy atom. The van der Waals surface area contributed by atoms with E-state index in [0.29, 0.717) is 25.2 Å². The predicted octanol–water partition coefficient (Wildman–Crippen LogP) is -0.584. The van der Waals surface area contributed by atoms with Crippen molar-refractivity contribution in [2.45, 2.75) is 23.8 Å². The first kappa shape index (κ1) is 15.4. The lowest BCUT2D eigenvalue weighted by Gasteiger charge is -2.26. The first-order valence-corrected chi connectivity index (χ1v) is 7.96. The van der Waals surface area contributed by atoms with Crippen LogP contribution >= 0.6 is 0 Å². The number of aryl methyl sites for hydroxylation is 2. The Bertz CT molecular complexity index is 596. The van der Waals surface area contributed by atoms with Crippen molar-refractivity contribution in [3.05, 3.63) is 11.9 Å². The lowest BCUT2D eigenvalue weighted by atomic mass is 10.0. The number of β-amino-alcohol motifs (C(OH)–C–C–N with tert-alkyl or cyclic N) is 1. The fraction of sp³-hybridized carbons (Fsp3) is 0.750. The summed E-state index contributed by atoms with van der Waals surface area (Å²) in [6, 6.07) is 0. The van der Waals surface area contributed by atoms with Crippen LogP contribution in [0.4, 0.5) is 0 Å². The summed E-state index contributed by atoms with van der Waals surface area (Å²) in [6.07, 6.45) is 1.96. The molecule has 114 valence electrons. The fourth-order valence-electron chi connectivity index (χ4n) is 2.71. The summed E-state index contributed by atoms with van der Waals surface area (Å²) in [5.74, 6) is 0. The van der Waals surface area contributed by atoms with E-state index in [1.165, 1.54) is 15.2 Å². The molecule has 1 aliphatic heterocycles. The molecule has 2 heterocycles. The third-order valence-electron chi connectivity index (χ3n) is 3.49. The minimum Gasteiger partial charge on any atom is -0.387 e. The molecule has 0 spiro atoms. The van der Waals surface area contributed by atoms with Crippen molar-refractivity contribution in [3.8, 4) is 0 Å². The SMILES string of the molecule is Cc1nn(C)cc1S(=O)(=O)N1CC[C@](O)(CN(C)C)C1. The Morgan fingerprint density at radius 1 is 1.50 bits per heavy atom. The molecule has 0 aliphatic carbocycles. The second-order valence-corrected chi connectivity index (χ2v) is 7.71. The van der Waals surface area contributed by atoms with Gasteiger partial charge in [0.15, 0.2) is 0 Å². The highest BCUT2D eigenvalue weighted by molar-refractivity contribution is 7.89. The maximum atomic E-state index is 12.6. The number of aliphatic hydroxyl groups is 1. The summed E-state index contributed by atoms with van der Waals surface area (Å²) in [5.41, 5.74) is -0.497. The predicted molar refractivity (Wildman–Crippen MR) is 74.8 cm³/mol. The van der Waals surface area contributed by atoms with Gasteiger partial charge >= 0.3 is 0 Å². The van der Waals surface area contributed by atoms with Gasteiger partial charge in [0.05, 0.1) is 11.3 Å². The summed E-state index contributed by atoms with van der Waals surface area (Å²) >= 11 is 0. The van der Waals surface area contributed by atoms with Gasteiger partial charge in [0.1, 0.15) is 4.90 Å². The molecule has 7 nitrogen and oxygen atoms in total. The summed E-state index contributed by atoms with van der Waals surface area (Å²) in [6.45, 7) is 2.59. The zero-order valence-corrected chi connectivity index (χ0v) is 13.2. The largest absolute Gasteiger partial charge is 0.387 e. The van der Waals surface area contributed by atoms with Gasteiger partial charge in [-0.3, -0.25) is 4.68 Å². The third kappa shape index (κ3) is 2.88. The molecule has 1 atom stereocenters. The monoisotopic (exact) mass is 302 g/mol. The van der Waals surface area contributed by atoms with Crippen LogP contribution in [0, 0.1) is 6.92 Å². The molecule has 1 aromatic heterocycles. The fourth-order valence-corrected chi connectivity index (χ4v) is 4.43. The van der Waals surface area contributed by atoms with Gasteiger partial charge in [0.25, 0.3) is 0 Å². The summed E-state index contributed by atoms with van der Waals surface area (Å²) in [7, 11) is 1.83. The minimum atomic E-state index is -3.58. The molecule has 8 heteroatoms. The Morgan fingerprint density at radius 3 is 2.65 bits per heavy atom. The molecule has 0 unspecified atom stereocenters. The molecule has 1 saturated heterocycles. The van der Waals surface area contributed by atoms with E-state index in [2.05, 4.69) is 5.10 Å². The third-order valence-corrected chi connectivity index (χ3v) is 5.44. The number of nitrogens with zero attached hydrogens (tertiary/aromatic N) is 4. The molecule has 0 radical (unpaired) electrons. The van der Waals surface area contributed by atoms with E-state index in [4.69, 9.17) is 0 Å². The molecule has 1 N–H and O–H groups in total. The number of likely N-dealkylation sites (N-methyl/N-ethyl adjacent to an activating group) is 1. The highest BCUT2D eigenvalue weighted by Gasteiger charge is 2.42. The van der Waals surface area contributed by atoms with E-state index in [0.717, 1.165) is 0 Å². The highest BCUT2D eigenvalue weighted by atomic mass is 32.2. The number of sulfonamides is 1. The smallest absolute Gasteiger partial charge is 0.246 e. The van der Waals surface area contributed by atoms with Crippen molar-refractivity contribution >= 4 is 10.0 Å². The van der Waals surface area contributed by atoms with Gasteiger partial charge in [-0.25, -0.2) is 8.42 Å². The van der Waals surface area contributed by atoms with Crippen LogP contribution in [0.25, 0.3) is 0 Å². The van der Waals surface area contributed by atoms with E-state index >= 15 is 0 Å². The molecule has 2 rings (SSSR count). The Hall–Kier alpha value is -0.960. The Balaban J connectivity index is 2.23. The summed E-state index contributed by atoms with van der Waals surface area (Å²) in [4.78, 5) is 2.08. The zero-order chi connectivity index (χ0) is 15.1. The van der Waals surface area contributed by atoms with Crippen molar-refractivity contribution in [2.24, 2.45) is 7.05 Å². The van der Waals surface area contributed by atoms with E-state index in [1.54, 1.807) is 14.0 Å². The average Bonchev–Trinajstić information content (AvgIpc) is 2.81. The molecular weight excluding hydrogens is 280 g/mol. The number of hydrogen-bond acceptors (Lipinski definition) is 5. The van der Waals surface area contributed by atoms with Crippen LogP contribution in [0.3, 0.4) is 0 Å². The Labute approximate surface area is 119 Å². The van der Waals surface area contributed by atoms with E-state index in [9.17, 15) is 13.5 Å². The number of hydrogen-bond donors (Lipinski definition) is 1. The van der Waals surface area contributed by atoms with Gasteiger partial charge in [-0.05, 0) is 27.4 Å². The van der Waals surface area contributed by atoms with Gasteiger partial charge in [-0.2, -0.15) is 9.40 Å². The van der Waals surface area contributed by atoms with Gasteiger partial charge in [0, 0.05) is 32.9 Å². The van der Waals surface area contributed by atoms with E-state index in [-0.39, 0.29) is 11.4 Å². The molecular formula is C12H22N4O3S. The Kier molecular flexibility index (Phi) is 3.94. The normalized spacial score (nSPS) is 24.7. The van der Waals surface area contributed by atoms with Crippen LogP contribution < -0.4 is 0 Å². The molecule has 20 heavy (non-hydrogen) atoms. The number of rotatable bonds is 4. The molecule has 0 aromatic carbocycles. The molecule has 1 aromatic rings. The molecule has 1 fully saturated rings. The maximum Gasteiger partial charge on any atom is 0.246 e. The topological polar surface area (TPSA) is 78.7 Å². The standard InChI is InChI=1S/C12H22N4O3S/c1-10-11(7-15(4)13-10)20(18,19)16-6-5-12(17,9-16)8-14(2)3/h7,17H,5-6,8-9H2,1-4H3/t12-/m0/s1. The lowest BCUT2D eigenvalue weighted by Crippen LogP contribution is -2.43. The first-order chi connectivity index (χ1) is 9.14. The van der Waals surface area contributed by atoms with Crippen LogP contribution in [0.1, 0.15) is 12.1 Å². The molecule has 0 amide bonds. The van der Waals surface area contributed by atoms with Crippen LogP contribution in [-0.2, 0) is 17.1 Å². The summed E-state index contributed by atoms with van der Waals surface area (Å²) < 4.78 is 28.0. The minimum absolute atomic E-state index is 0.127. The van der Waals surface area contributed by atoms with Crippen molar-refractivity contribution in [1.82, 2.24) is 19.0 Å². The van der Waals surface area contributed by atoms with E-state index < -0.39 is 15.6 Å². The van der Waals surface area contributed by atoms with Gasteiger partial charge in [0.2, 0.25) is 10.0 Å². The first-order valence-electron chi connectivity index (χ1n) is 6.52. The lowest BCUT2D eigenvalue weighted by molar-refractivity contribution is 0.0302. The van der Waals surface area contributed by atoms with Crippen molar-refractivity contribution in [1.29, 1.82) is 0 Å². The molecule has 0 saturated carbocycles. The van der Waals surface area contributed by atoms with E-state index in [1.807, 2.05) is 19.0 Å². The van der Waals surface area contributed by atoms with Crippen molar-refractivity contribution in [3.63, 3.8) is 0 Å². The maximum absolute atomic E-state index is 12.6. The number of aromatic nitrogens is 2.